The number of benzene rings is 1. The van der Waals surface area contributed by atoms with Gasteiger partial charge in [-0.25, -0.2) is 0 Å². The fourth-order valence-electron chi connectivity index (χ4n) is 3.21. The number of nitrogens with zero attached hydrogens (tertiary/aromatic N) is 3. The number of carbonyl (C=O) groups is 2. The van der Waals surface area contributed by atoms with Crippen molar-refractivity contribution < 1.29 is 9.59 Å². The van der Waals surface area contributed by atoms with Crippen molar-refractivity contribution in [2.24, 2.45) is 0 Å². The maximum atomic E-state index is 12.8. The van der Waals surface area contributed by atoms with E-state index in [2.05, 4.69) is 11.9 Å². The van der Waals surface area contributed by atoms with Crippen LogP contribution in [0.5, 0.6) is 0 Å². The van der Waals surface area contributed by atoms with Crippen molar-refractivity contribution in [2.45, 2.75) is 25.4 Å². The first-order valence-corrected chi connectivity index (χ1v) is 8.43. The Morgan fingerprint density at radius 2 is 1.83 bits per heavy atom. The Morgan fingerprint density at radius 1 is 1.17 bits per heavy atom. The first-order chi connectivity index (χ1) is 11.0. The van der Waals surface area contributed by atoms with E-state index in [4.69, 9.17) is 11.6 Å². The van der Waals surface area contributed by atoms with Gasteiger partial charge in [-0.2, -0.15) is 0 Å². The first-order valence-electron chi connectivity index (χ1n) is 8.06. The molecular weight excluding hydrogens is 314 g/mol. The van der Waals surface area contributed by atoms with Gasteiger partial charge in [0.15, 0.2) is 0 Å². The molecule has 23 heavy (non-hydrogen) atoms. The molecule has 2 heterocycles. The van der Waals surface area contributed by atoms with Gasteiger partial charge in [-0.3, -0.25) is 9.59 Å². The van der Waals surface area contributed by atoms with E-state index in [1.807, 2.05) is 29.2 Å². The fraction of sp³-hybridized carbons (Fsp3) is 0.529. The molecule has 0 N–H and O–H groups in total. The summed E-state index contributed by atoms with van der Waals surface area (Å²) in [5.41, 5.74) is 1.00. The Hall–Kier alpha value is -1.59. The highest BCUT2D eigenvalue weighted by Crippen LogP contribution is 2.24. The molecule has 0 aromatic heterocycles. The topological polar surface area (TPSA) is 43.9 Å². The molecule has 3 rings (SSSR count). The molecule has 124 valence electrons. The third kappa shape index (κ3) is 3.67. The summed E-state index contributed by atoms with van der Waals surface area (Å²) >= 11 is 5.90. The molecule has 0 spiro atoms. The van der Waals surface area contributed by atoms with E-state index >= 15 is 0 Å². The molecule has 2 saturated heterocycles. The van der Waals surface area contributed by atoms with Gasteiger partial charge in [0.1, 0.15) is 6.04 Å². The van der Waals surface area contributed by atoms with Gasteiger partial charge in [-0.1, -0.05) is 23.7 Å². The van der Waals surface area contributed by atoms with Crippen molar-refractivity contribution in [1.82, 2.24) is 14.7 Å². The SMILES string of the molecule is CN1CCN(C(=O)[C@@H]2CCC(=O)N2Cc2ccc(Cl)cc2)CC1. The summed E-state index contributed by atoms with van der Waals surface area (Å²) in [6.07, 6.45) is 1.08. The monoisotopic (exact) mass is 335 g/mol. The largest absolute Gasteiger partial charge is 0.338 e. The lowest BCUT2D eigenvalue weighted by Crippen LogP contribution is -2.53. The maximum Gasteiger partial charge on any atom is 0.245 e. The van der Waals surface area contributed by atoms with E-state index in [0.29, 0.717) is 24.4 Å². The van der Waals surface area contributed by atoms with Gasteiger partial charge >= 0.3 is 0 Å². The Labute approximate surface area is 141 Å². The predicted octanol–water partition coefficient (Wildman–Crippen LogP) is 1.60. The summed E-state index contributed by atoms with van der Waals surface area (Å²) < 4.78 is 0. The van der Waals surface area contributed by atoms with Crippen molar-refractivity contribution in [3.63, 3.8) is 0 Å². The highest BCUT2D eigenvalue weighted by Gasteiger charge is 2.38. The predicted molar refractivity (Wildman–Crippen MR) is 89.1 cm³/mol. The average molecular weight is 336 g/mol. The minimum atomic E-state index is -0.318. The van der Waals surface area contributed by atoms with Gasteiger partial charge in [-0.15, -0.1) is 0 Å². The third-order valence-corrected chi connectivity index (χ3v) is 4.95. The van der Waals surface area contributed by atoms with Gasteiger partial charge in [0.25, 0.3) is 0 Å². The maximum absolute atomic E-state index is 12.8. The van der Waals surface area contributed by atoms with Crippen LogP contribution in [0.3, 0.4) is 0 Å². The van der Waals surface area contributed by atoms with Crippen LogP contribution in [-0.2, 0) is 16.1 Å². The first kappa shape index (κ1) is 16.3. The van der Waals surface area contributed by atoms with Crippen molar-refractivity contribution in [2.75, 3.05) is 33.2 Å². The number of carbonyl (C=O) groups excluding carboxylic acids is 2. The quantitative estimate of drug-likeness (QED) is 0.843. The fourth-order valence-corrected chi connectivity index (χ4v) is 3.34. The summed E-state index contributed by atoms with van der Waals surface area (Å²) in [6.45, 7) is 3.75. The minimum Gasteiger partial charge on any atom is -0.338 e. The third-order valence-electron chi connectivity index (χ3n) is 4.69. The summed E-state index contributed by atoms with van der Waals surface area (Å²) in [5, 5.41) is 0.673. The van der Waals surface area contributed by atoms with Gasteiger partial charge in [0.2, 0.25) is 11.8 Å². The number of rotatable bonds is 3. The smallest absolute Gasteiger partial charge is 0.245 e. The number of amides is 2. The van der Waals surface area contributed by atoms with Crippen LogP contribution in [0, 0.1) is 0 Å². The zero-order valence-corrected chi connectivity index (χ0v) is 14.1. The van der Waals surface area contributed by atoms with Crippen LogP contribution in [0.15, 0.2) is 24.3 Å². The Kier molecular flexibility index (Phi) is 4.87. The molecule has 2 fully saturated rings. The molecule has 0 saturated carbocycles. The normalized spacial score (nSPS) is 22.7. The second-order valence-corrected chi connectivity index (χ2v) is 6.77. The molecule has 0 bridgehead atoms. The lowest BCUT2D eigenvalue weighted by Gasteiger charge is -2.35. The molecule has 2 aliphatic rings. The molecule has 6 heteroatoms. The summed E-state index contributed by atoms with van der Waals surface area (Å²) in [4.78, 5) is 30.9. The van der Waals surface area contributed by atoms with E-state index in [1.165, 1.54) is 0 Å². The number of likely N-dealkylation sites (tertiary alicyclic amines) is 1. The number of hydrogen-bond donors (Lipinski definition) is 0. The van der Waals surface area contributed by atoms with E-state index in [0.717, 1.165) is 31.7 Å². The van der Waals surface area contributed by atoms with Crippen LogP contribution < -0.4 is 0 Å². The van der Waals surface area contributed by atoms with E-state index in [1.54, 1.807) is 4.90 Å². The zero-order chi connectivity index (χ0) is 16.4. The molecule has 5 nitrogen and oxygen atoms in total. The second-order valence-electron chi connectivity index (χ2n) is 6.33. The molecule has 1 atom stereocenters. The molecule has 0 unspecified atom stereocenters. The van der Waals surface area contributed by atoms with E-state index < -0.39 is 0 Å². The molecule has 0 aliphatic carbocycles. The number of hydrogen-bond acceptors (Lipinski definition) is 3. The summed E-state index contributed by atoms with van der Waals surface area (Å²) in [7, 11) is 2.06. The van der Waals surface area contributed by atoms with Crippen molar-refractivity contribution in [3.8, 4) is 0 Å². The highest BCUT2D eigenvalue weighted by atomic mass is 35.5. The minimum absolute atomic E-state index is 0.0624. The number of piperazine rings is 1. The van der Waals surface area contributed by atoms with Crippen LogP contribution in [-0.4, -0.2) is 65.8 Å². The molecule has 2 aliphatic heterocycles. The molecule has 1 aromatic carbocycles. The molecule has 1 aromatic rings. The zero-order valence-electron chi connectivity index (χ0n) is 13.4. The van der Waals surface area contributed by atoms with E-state index in [9.17, 15) is 9.59 Å². The number of halogens is 1. The van der Waals surface area contributed by atoms with Crippen molar-refractivity contribution in [1.29, 1.82) is 0 Å². The van der Waals surface area contributed by atoms with Gasteiger partial charge < -0.3 is 14.7 Å². The Bertz CT molecular complexity index is 582. The van der Waals surface area contributed by atoms with Gasteiger partial charge in [0.05, 0.1) is 0 Å². The van der Waals surface area contributed by atoms with Crippen LogP contribution in [0.1, 0.15) is 18.4 Å². The second kappa shape index (κ2) is 6.89. The standard InChI is InChI=1S/C17H22ClN3O2/c1-19-8-10-20(11-9-19)17(23)15-6-7-16(22)21(15)12-13-2-4-14(18)5-3-13/h2-5,15H,6-12H2,1H3/t15-/m0/s1. The van der Waals surface area contributed by atoms with Crippen molar-refractivity contribution in [3.05, 3.63) is 34.9 Å². The molecule has 2 amide bonds. The highest BCUT2D eigenvalue weighted by molar-refractivity contribution is 6.30. The molecular formula is C17H22ClN3O2. The molecule has 0 radical (unpaired) electrons. The van der Waals surface area contributed by atoms with Gasteiger partial charge in [0, 0.05) is 44.2 Å². The Balaban J connectivity index is 1.69. The van der Waals surface area contributed by atoms with Crippen LogP contribution >= 0.6 is 11.6 Å². The summed E-state index contributed by atoms with van der Waals surface area (Å²) in [6, 6.07) is 7.13. The average Bonchev–Trinajstić information content (AvgIpc) is 2.91. The van der Waals surface area contributed by atoms with Crippen molar-refractivity contribution >= 4 is 23.4 Å². The van der Waals surface area contributed by atoms with Crippen LogP contribution in [0.25, 0.3) is 0 Å². The number of likely N-dealkylation sites (N-methyl/N-ethyl adjacent to an activating group) is 1. The lowest BCUT2D eigenvalue weighted by molar-refractivity contribution is -0.142. The van der Waals surface area contributed by atoms with Gasteiger partial charge in [-0.05, 0) is 31.2 Å². The lowest BCUT2D eigenvalue weighted by atomic mass is 10.1. The Morgan fingerprint density at radius 3 is 2.48 bits per heavy atom. The van der Waals surface area contributed by atoms with Crippen LogP contribution in [0.4, 0.5) is 0 Å². The van der Waals surface area contributed by atoms with Crippen LogP contribution in [0.2, 0.25) is 5.02 Å². The summed E-state index contributed by atoms with van der Waals surface area (Å²) in [5.74, 6) is 0.158. The van der Waals surface area contributed by atoms with E-state index in [-0.39, 0.29) is 17.9 Å².